The Morgan fingerprint density at radius 1 is 1.25 bits per heavy atom. The number of hydrogen-bond donors (Lipinski definition) is 1. The van der Waals surface area contributed by atoms with Gasteiger partial charge < -0.3 is 14.7 Å². The summed E-state index contributed by atoms with van der Waals surface area (Å²) in [5.74, 6) is 0.689. The van der Waals surface area contributed by atoms with E-state index in [1.165, 1.54) is 0 Å². The summed E-state index contributed by atoms with van der Waals surface area (Å²) in [6, 6.07) is 3.12. The van der Waals surface area contributed by atoms with Crippen molar-refractivity contribution in [2.24, 2.45) is 0 Å². The highest BCUT2D eigenvalue weighted by atomic mass is 32.1. The van der Waals surface area contributed by atoms with Crippen molar-refractivity contribution in [3.05, 3.63) is 17.7 Å². The Labute approximate surface area is 146 Å². The fourth-order valence-electron chi connectivity index (χ4n) is 3.50. The molecule has 130 valence electrons. The summed E-state index contributed by atoms with van der Waals surface area (Å²) in [5, 5.41) is 18.6. The first kappa shape index (κ1) is 17.0. The summed E-state index contributed by atoms with van der Waals surface area (Å²) in [5.41, 5.74) is 1.14. The van der Waals surface area contributed by atoms with Gasteiger partial charge in [-0.15, -0.1) is 0 Å². The minimum atomic E-state index is -0.825. The van der Waals surface area contributed by atoms with E-state index in [9.17, 15) is 9.90 Å². The fraction of sp³-hybridized carbons (Fsp3) is 0.562. The predicted octanol–water partition coefficient (Wildman–Crippen LogP) is 1.92. The number of likely N-dealkylation sites (tertiary alicyclic amines) is 1. The van der Waals surface area contributed by atoms with Crippen LogP contribution in [0, 0.1) is 0 Å². The average molecular weight is 351 g/mol. The number of amides is 1. The van der Waals surface area contributed by atoms with Crippen LogP contribution in [0.4, 0.5) is 0 Å². The molecule has 2 atom stereocenters. The Morgan fingerprint density at radius 2 is 1.96 bits per heavy atom. The van der Waals surface area contributed by atoms with Gasteiger partial charge in [0.2, 0.25) is 5.91 Å². The molecule has 1 aromatic heterocycles. The first-order valence-electron chi connectivity index (χ1n) is 7.90. The molecule has 0 radical (unpaired) electrons. The van der Waals surface area contributed by atoms with Crippen LogP contribution >= 0.6 is 13.5 Å². The number of carbonyl (C=O) groups is 1. The lowest BCUT2D eigenvalue weighted by atomic mass is 9.84. The van der Waals surface area contributed by atoms with Crippen LogP contribution in [0.2, 0.25) is 0 Å². The van der Waals surface area contributed by atoms with Crippen LogP contribution in [0.15, 0.2) is 16.8 Å². The standard InChI is InChI=1S/C16H19N3O4.H2S/c1-16(2)15(21)14(19-6-4-3-5-13(19)20)9-7-10-11(18-23-17-10)8-12(9)22-16;/h7-8,14-15,21H,3-6H2,1-2H3;1H2/t14-,15+;/m0./s1. The van der Waals surface area contributed by atoms with Crippen LogP contribution < -0.4 is 4.74 Å². The Kier molecular flexibility index (Phi) is 4.21. The monoisotopic (exact) mass is 351 g/mol. The smallest absolute Gasteiger partial charge is 0.223 e. The van der Waals surface area contributed by atoms with E-state index in [2.05, 4.69) is 10.3 Å². The normalized spacial score (nSPS) is 25.8. The van der Waals surface area contributed by atoms with Crippen LogP contribution in [-0.4, -0.2) is 44.5 Å². The molecule has 24 heavy (non-hydrogen) atoms. The van der Waals surface area contributed by atoms with Crippen molar-refractivity contribution >= 4 is 30.4 Å². The van der Waals surface area contributed by atoms with Crippen molar-refractivity contribution in [3.8, 4) is 5.75 Å². The second-order valence-electron chi connectivity index (χ2n) is 6.78. The number of aromatic nitrogens is 2. The van der Waals surface area contributed by atoms with Gasteiger partial charge in [0, 0.05) is 24.6 Å². The molecule has 2 aliphatic rings. The minimum Gasteiger partial charge on any atom is -0.485 e. The molecule has 1 aromatic carbocycles. The molecule has 1 N–H and O–H groups in total. The highest BCUT2D eigenvalue weighted by molar-refractivity contribution is 7.59. The number of ether oxygens (including phenoxy) is 1. The summed E-state index contributed by atoms with van der Waals surface area (Å²) in [7, 11) is 0. The number of nitrogens with zero attached hydrogens (tertiary/aromatic N) is 3. The fourth-order valence-corrected chi connectivity index (χ4v) is 3.50. The van der Waals surface area contributed by atoms with Crippen LogP contribution in [0.25, 0.3) is 11.0 Å². The van der Waals surface area contributed by atoms with E-state index in [0.29, 0.717) is 29.7 Å². The van der Waals surface area contributed by atoms with Gasteiger partial charge in [-0.05, 0) is 43.1 Å². The van der Waals surface area contributed by atoms with Gasteiger partial charge in [-0.2, -0.15) is 13.5 Å². The summed E-state index contributed by atoms with van der Waals surface area (Å²) in [6.07, 6.45) is 1.54. The maximum Gasteiger partial charge on any atom is 0.223 e. The van der Waals surface area contributed by atoms with E-state index in [1.807, 2.05) is 13.8 Å². The topological polar surface area (TPSA) is 88.7 Å². The van der Waals surface area contributed by atoms with Crippen molar-refractivity contribution in [2.45, 2.75) is 50.9 Å². The maximum absolute atomic E-state index is 12.4. The van der Waals surface area contributed by atoms with Crippen LogP contribution in [-0.2, 0) is 4.79 Å². The molecule has 1 fully saturated rings. The highest BCUT2D eigenvalue weighted by Gasteiger charge is 2.47. The summed E-state index contributed by atoms with van der Waals surface area (Å²) < 4.78 is 10.7. The number of benzene rings is 1. The third-order valence-electron chi connectivity index (χ3n) is 4.78. The molecule has 1 saturated heterocycles. The van der Waals surface area contributed by atoms with Crippen LogP contribution in [0.1, 0.15) is 44.7 Å². The number of carbonyl (C=O) groups excluding carboxylic acids is 1. The van der Waals surface area contributed by atoms with Gasteiger partial charge in [0.15, 0.2) is 0 Å². The first-order valence-corrected chi connectivity index (χ1v) is 7.90. The SMILES string of the molecule is CC1(C)Oc2cc3nonc3cc2[C@H](N2CCCCC2=O)[C@H]1O.S. The second kappa shape index (κ2) is 5.93. The van der Waals surface area contributed by atoms with Gasteiger partial charge in [0.05, 0.1) is 6.04 Å². The summed E-state index contributed by atoms with van der Waals surface area (Å²) >= 11 is 0. The molecule has 2 aliphatic heterocycles. The van der Waals surface area contributed by atoms with E-state index in [0.717, 1.165) is 18.4 Å². The zero-order valence-corrected chi connectivity index (χ0v) is 14.7. The third-order valence-corrected chi connectivity index (χ3v) is 4.78. The van der Waals surface area contributed by atoms with E-state index in [1.54, 1.807) is 17.0 Å². The molecular weight excluding hydrogens is 330 g/mol. The predicted molar refractivity (Wildman–Crippen MR) is 91.2 cm³/mol. The van der Waals surface area contributed by atoms with Gasteiger partial charge in [-0.1, -0.05) is 0 Å². The Morgan fingerprint density at radius 3 is 2.67 bits per heavy atom. The molecule has 3 heterocycles. The Bertz CT molecular complexity index is 776. The van der Waals surface area contributed by atoms with Gasteiger partial charge in [-0.3, -0.25) is 4.79 Å². The maximum atomic E-state index is 12.4. The molecule has 4 rings (SSSR count). The number of piperidine rings is 1. The molecule has 0 spiro atoms. The molecule has 0 saturated carbocycles. The van der Waals surface area contributed by atoms with E-state index in [4.69, 9.17) is 9.37 Å². The molecule has 1 amide bonds. The zero-order valence-electron chi connectivity index (χ0n) is 13.7. The molecule has 2 aromatic rings. The van der Waals surface area contributed by atoms with Gasteiger partial charge in [0.1, 0.15) is 28.5 Å². The van der Waals surface area contributed by atoms with Crippen molar-refractivity contribution in [1.82, 2.24) is 15.2 Å². The average Bonchev–Trinajstić information content (AvgIpc) is 2.95. The second-order valence-corrected chi connectivity index (χ2v) is 6.78. The van der Waals surface area contributed by atoms with Gasteiger partial charge in [-0.25, -0.2) is 4.63 Å². The van der Waals surface area contributed by atoms with Crippen molar-refractivity contribution in [3.63, 3.8) is 0 Å². The van der Waals surface area contributed by atoms with E-state index >= 15 is 0 Å². The zero-order chi connectivity index (χ0) is 16.2. The van der Waals surface area contributed by atoms with Crippen molar-refractivity contribution < 1.29 is 19.3 Å². The molecule has 0 bridgehead atoms. The Hall–Kier alpha value is -1.80. The van der Waals surface area contributed by atoms with Gasteiger partial charge in [0.25, 0.3) is 0 Å². The quantitative estimate of drug-likeness (QED) is 0.844. The van der Waals surface area contributed by atoms with Crippen molar-refractivity contribution in [1.29, 1.82) is 0 Å². The van der Waals surface area contributed by atoms with Crippen molar-refractivity contribution in [2.75, 3.05) is 6.54 Å². The molecular formula is C16H21N3O4S. The number of fused-ring (bicyclic) bond motifs is 2. The third kappa shape index (κ3) is 2.53. The minimum absolute atomic E-state index is 0. The van der Waals surface area contributed by atoms with E-state index in [-0.39, 0.29) is 19.4 Å². The number of hydrogen-bond acceptors (Lipinski definition) is 6. The number of aliphatic hydroxyl groups excluding tert-OH is 1. The Balaban J connectivity index is 0.00000169. The lowest BCUT2D eigenvalue weighted by Crippen LogP contribution is -2.55. The highest BCUT2D eigenvalue weighted by Crippen LogP contribution is 2.44. The van der Waals surface area contributed by atoms with Crippen LogP contribution in [0.3, 0.4) is 0 Å². The molecule has 0 aliphatic carbocycles. The van der Waals surface area contributed by atoms with Gasteiger partial charge >= 0.3 is 0 Å². The van der Waals surface area contributed by atoms with E-state index < -0.39 is 17.7 Å². The lowest BCUT2D eigenvalue weighted by molar-refractivity contribution is -0.147. The summed E-state index contributed by atoms with van der Waals surface area (Å²) in [4.78, 5) is 14.2. The first-order chi connectivity index (χ1) is 11.0. The van der Waals surface area contributed by atoms with Crippen LogP contribution in [0.5, 0.6) is 5.75 Å². The number of aliphatic hydroxyl groups is 1. The largest absolute Gasteiger partial charge is 0.485 e. The molecule has 8 heteroatoms. The molecule has 7 nitrogen and oxygen atoms in total. The lowest BCUT2D eigenvalue weighted by Gasteiger charge is -2.47. The molecule has 0 unspecified atom stereocenters. The summed E-state index contributed by atoms with van der Waals surface area (Å²) in [6.45, 7) is 4.30. The number of rotatable bonds is 1.